The first-order valence-corrected chi connectivity index (χ1v) is 5.33. The Morgan fingerprint density at radius 2 is 2.33 bits per heavy atom. The Morgan fingerprint density at radius 1 is 1.60 bits per heavy atom. The van der Waals surface area contributed by atoms with Crippen molar-refractivity contribution in [2.75, 3.05) is 0 Å². The van der Waals surface area contributed by atoms with Crippen molar-refractivity contribution in [3.8, 4) is 0 Å². The van der Waals surface area contributed by atoms with Crippen LogP contribution in [0.2, 0.25) is 5.15 Å². The van der Waals surface area contributed by atoms with Gasteiger partial charge < -0.3 is 10.8 Å². The molecule has 0 fully saturated rings. The molecule has 0 aliphatic heterocycles. The molecule has 2 aromatic rings. The monoisotopic (exact) mass is 242 g/mol. The summed E-state index contributed by atoms with van der Waals surface area (Å²) in [5, 5.41) is 8.86. The normalized spacial score (nSPS) is 10.8. The maximum atomic E-state index is 10.8. The summed E-state index contributed by atoms with van der Waals surface area (Å²) in [7, 11) is 0. The van der Waals surface area contributed by atoms with Gasteiger partial charge >= 0.3 is 5.97 Å². The number of aromatic carboxylic acids is 1. The van der Waals surface area contributed by atoms with Gasteiger partial charge in [0.25, 0.3) is 0 Å². The lowest BCUT2D eigenvalue weighted by Gasteiger charge is -1.96. The summed E-state index contributed by atoms with van der Waals surface area (Å²) in [5.41, 5.74) is 6.20. The van der Waals surface area contributed by atoms with Gasteiger partial charge in [-0.2, -0.15) is 0 Å². The molecule has 15 heavy (non-hydrogen) atoms. The predicted octanol–water partition coefficient (Wildman–Crippen LogP) is 2.11. The van der Waals surface area contributed by atoms with Crippen molar-refractivity contribution in [3.05, 3.63) is 27.7 Å². The van der Waals surface area contributed by atoms with Crippen molar-refractivity contribution in [2.24, 2.45) is 5.73 Å². The lowest BCUT2D eigenvalue weighted by molar-refractivity contribution is 0.0697. The van der Waals surface area contributed by atoms with E-state index in [0.29, 0.717) is 12.1 Å². The van der Waals surface area contributed by atoms with Crippen LogP contribution < -0.4 is 5.73 Å². The molecule has 0 radical (unpaired) electrons. The summed E-state index contributed by atoms with van der Waals surface area (Å²) in [6, 6.07) is 3.34. The molecular formula is C9H7ClN2O2S. The Hall–Kier alpha value is -1.17. The summed E-state index contributed by atoms with van der Waals surface area (Å²) in [4.78, 5) is 15.8. The number of carboxylic acid groups (broad SMARTS) is 1. The van der Waals surface area contributed by atoms with Crippen molar-refractivity contribution < 1.29 is 9.90 Å². The van der Waals surface area contributed by atoms with Crippen LogP contribution in [0.5, 0.6) is 0 Å². The summed E-state index contributed by atoms with van der Waals surface area (Å²) < 4.78 is 0.789. The highest BCUT2D eigenvalue weighted by Crippen LogP contribution is 2.27. The van der Waals surface area contributed by atoms with Crippen LogP contribution in [-0.4, -0.2) is 16.1 Å². The van der Waals surface area contributed by atoms with Gasteiger partial charge in [0.1, 0.15) is 5.15 Å². The Balaban J connectivity index is 2.68. The zero-order valence-corrected chi connectivity index (χ0v) is 9.10. The number of pyridine rings is 1. The van der Waals surface area contributed by atoms with Crippen LogP contribution in [0.1, 0.15) is 15.2 Å². The van der Waals surface area contributed by atoms with E-state index < -0.39 is 5.97 Å². The SMILES string of the molecule is NCc1cc2nc(Cl)c(C(=O)O)cc2s1. The minimum Gasteiger partial charge on any atom is -0.478 e. The molecule has 0 aliphatic carbocycles. The van der Waals surface area contributed by atoms with E-state index in [2.05, 4.69) is 4.98 Å². The van der Waals surface area contributed by atoms with E-state index in [0.717, 1.165) is 9.58 Å². The van der Waals surface area contributed by atoms with E-state index in [9.17, 15) is 4.79 Å². The van der Waals surface area contributed by atoms with Gasteiger partial charge in [-0.3, -0.25) is 0 Å². The molecule has 0 saturated carbocycles. The van der Waals surface area contributed by atoms with Gasteiger partial charge in [-0.25, -0.2) is 9.78 Å². The van der Waals surface area contributed by atoms with Gasteiger partial charge in [-0.05, 0) is 12.1 Å². The molecule has 0 unspecified atom stereocenters. The molecule has 78 valence electrons. The Labute approximate surface area is 94.3 Å². The van der Waals surface area contributed by atoms with Gasteiger partial charge in [0.15, 0.2) is 0 Å². The molecule has 6 heteroatoms. The highest BCUT2D eigenvalue weighted by molar-refractivity contribution is 7.19. The molecule has 4 nitrogen and oxygen atoms in total. The molecule has 0 atom stereocenters. The van der Waals surface area contributed by atoms with E-state index in [1.165, 1.54) is 17.4 Å². The van der Waals surface area contributed by atoms with Crippen molar-refractivity contribution in [1.29, 1.82) is 0 Å². The number of nitrogens with zero attached hydrogens (tertiary/aromatic N) is 1. The fourth-order valence-corrected chi connectivity index (χ4v) is 2.39. The van der Waals surface area contributed by atoms with Gasteiger partial charge in [-0.1, -0.05) is 11.6 Å². The molecule has 2 rings (SSSR count). The van der Waals surface area contributed by atoms with Gasteiger partial charge in [0.05, 0.1) is 15.8 Å². The van der Waals surface area contributed by atoms with Crippen LogP contribution in [0.4, 0.5) is 0 Å². The first kappa shape index (κ1) is 10.4. The first-order valence-electron chi connectivity index (χ1n) is 4.14. The quantitative estimate of drug-likeness (QED) is 0.791. The topological polar surface area (TPSA) is 76.2 Å². The number of hydrogen-bond acceptors (Lipinski definition) is 4. The fourth-order valence-electron chi connectivity index (χ4n) is 1.24. The van der Waals surface area contributed by atoms with Gasteiger partial charge in [0, 0.05) is 11.4 Å². The highest BCUT2D eigenvalue weighted by Gasteiger charge is 2.13. The smallest absolute Gasteiger partial charge is 0.338 e. The fraction of sp³-hybridized carbons (Fsp3) is 0.111. The molecule has 0 aliphatic rings. The predicted molar refractivity (Wildman–Crippen MR) is 59.5 cm³/mol. The van der Waals surface area contributed by atoms with Crippen molar-refractivity contribution in [1.82, 2.24) is 4.98 Å². The van der Waals surface area contributed by atoms with E-state index in [1.54, 1.807) is 0 Å². The van der Waals surface area contributed by atoms with E-state index in [4.69, 9.17) is 22.4 Å². The molecule has 3 N–H and O–H groups in total. The molecule has 0 aromatic carbocycles. The molecule has 0 saturated heterocycles. The third-order valence-electron chi connectivity index (χ3n) is 1.94. The highest BCUT2D eigenvalue weighted by atomic mass is 35.5. The maximum Gasteiger partial charge on any atom is 0.338 e. The Kier molecular flexibility index (Phi) is 2.60. The number of hydrogen-bond donors (Lipinski definition) is 2. The Bertz CT molecular complexity index is 538. The lowest BCUT2D eigenvalue weighted by Crippen LogP contribution is -1.98. The number of carbonyl (C=O) groups is 1. The van der Waals surface area contributed by atoms with Crippen molar-refractivity contribution >= 4 is 39.1 Å². The number of thiophene rings is 1. The number of rotatable bonds is 2. The van der Waals surface area contributed by atoms with E-state index in [-0.39, 0.29) is 10.7 Å². The van der Waals surface area contributed by atoms with Crippen molar-refractivity contribution in [3.63, 3.8) is 0 Å². The van der Waals surface area contributed by atoms with Crippen LogP contribution >= 0.6 is 22.9 Å². The molecule has 2 aromatic heterocycles. The van der Waals surface area contributed by atoms with Crippen LogP contribution in [0.3, 0.4) is 0 Å². The third kappa shape index (κ3) is 1.81. The maximum absolute atomic E-state index is 10.8. The standard InChI is InChI=1S/C9H7ClN2O2S/c10-8-5(9(13)14)2-7-6(12-8)1-4(3-11)15-7/h1-2H,3,11H2,(H,13,14). The molecule has 2 heterocycles. The molecule has 0 spiro atoms. The van der Waals surface area contributed by atoms with Crippen molar-refractivity contribution in [2.45, 2.75) is 6.54 Å². The first-order chi connectivity index (χ1) is 7.11. The number of nitrogens with two attached hydrogens (primary N) is 1. The summed E-state index contributed by atoms with van der Waals surface area (Å²) in [5.74, 6) is -1.07. The van der Waals surface area contributed by atoms with Gasteiger partial charge in [-0.15, -0.1) is 11.3 Å². The second-order valence-electron chi connectivity index (χ2n) is 2.93. The zero-order valence-electron chi connectivity index (χ0n) is 7.53. The minimum atomic E-state index is -1.07. The molecular weight excluding hydrogens is 236 g/mol. The Morgan fingerprint density at radius 3 is 2.93 bits per heavy atom. The number of aromatic nitrogens is 1. The van der Waals surface area contributed by atoms with E-state index in [1.807, 2.05) is 6.07 Å². The van der Waals surface area contributed by atoms with Crippen LogP contribution in [-0.2, 0) is 6.54 Å². The summed E-state index contributed by atoms with van der Waals surface area (Å²) in [6.45, 7) is 0.418. The number of fused-ring (bicyclic) bond motifs is 1. The lowest BCUT2D eigenvalue weighted by atomic mass is 10.2. The third-order valence-corrected chi connectivity index (χ3v) is 3.32. The van der Waals surface area contributed by atoms with Crippen LogP contribution in [0, 0.1) is 0 Å². The van der Waals surface area contributed by atoms with Crippen LogP contribution in [0.25, 0.3) is 10.2 Å². The average molecular weight is 243 g/mol. The second kappa shape index (κ2) is 3.77. The molecule has 0 bridgehead atoms. The van der Waals surface area contributed by atoms with E-state index >= 15 is 0 Å². The number of carboxylic acids is 1. The summed E-state index contributed by atoms with van der Waals surface area (Å²) in [6.07, 6.45) is 0. The van der Waals surface area contributed by atoms with Gasteiger partial charge in [0.2, 0.25) is 0 Å². The minimum absolute atomic E-state index is 0.0105. The largest absolute Gasteiger partial charge is 0.478 e. The number of halogens is 1. The summed E-state index contributed by atoms with van der Waals surface area (Å²) >= 11 is 7.16. The average Bonchev–Trinajstić information content (AvgIpc) is 2.58. The van der Waals surface area contributed by atoms with Crippen LogP contribution in [0.15, 0.2) is 12.1 Å². The zero-order chi connectivity index (χ0) is 11.0. The second-order valence-corrected chi connectivity index (χ2v) is 4.46. The molecule has 0 amide bonds.